The molecule has 0 atom stereocenters. The van der Waals surface area contributed by atoms with Gasteiger partial charge in [0, 0.05) is 24.0 Å². The first-order valence-corrected chi connectivity index (χ1v) is 7.71. The Hall–Kier alpha value is -2.56. The molecule has 0 bridgehead atoms. The molecule has 0 amide bonds. The van der Waals surface area contributed by atoms with E-state index >= 15 is 0 Å². The second kappa shape index (κ2) is 5.67. The van der Waals surface area contributed by atoms with E-state index in [9.17, 15) is 0 Å². The van der Waals surface area contributed by atoms with Gasteiger partial charge in [-0.2, -0.15) is 0 Å². The van der Waals surface area contributed by atoms with E-state index < -0.39 is 0 Å². The van der Waals surface area contributed by atoms with Crippen LogP contribution in [0.3, 0.4) is 0 Å². The number of fused-ring (bicyclic) bond motifs is 1. The van der Waals surface area contributed by atoms with Gasteiger partial charge >= 0.3 is 0 Å². The molecule has 5 nitrogen and oxygen atoms in total. The zero-order valence-corrected chi connectivity index (χ0v) is 12.2. The fourth-order valence-corrected chi connectivity index (χ4v) is 2.94. The minimum Gasteiger partial charge on any atom is -0.365 e. The van der Waals surface area contributed by atoms with Crippen LogP contribution in [0.15, 0.2) is 42.7 Å². The van der Waals surface area contributed by atoms with E-state index in [4.69, 9.17) is 4.98 Å². The summed E-state index contributed by atoms with van der Waals surface area (Å²) < 4.78 is 0. The van der Waals surface area contributed by atoms with Crippen molar-refractivity contribution in [2.75, 3.05) is 5.32 Å². The highest BCUT2D eigenvalue weighted by Crippen LogP contribution is 2.26. The summed E-state index contributed by atoms with van der Waals surface area (Å²) >= 11 is 0. The monoisotopic (exact) mass is 291 g/mol. The summed E-state index contributed by atoms with van der Waals surface area (Å²) in [7, 11) is 0. The number of rotatable bonds is 3. The highest BCUT2D eigenvalue weighted by Gasteiger charge is 2.18. The molecular weight excluding hydrogens is 274 g/mol. The van der Waals surface area contributed by atoms with E-state index in [-0.39, 0.29) is 0 Å². The van der Waals surface area contributed by atoms with Gasteiger partial charge < -0.3 is 5.32 Å². The third-order valence-electron chi connectivity index (χ3n) is 4.06. The quantitative estimate of drug-likeness (QED) is 0.801. The first-order chi connectivity index (χ1) is 10.9. The molecule has 1 N–H and O–H groups in total. The number of hydrogen-bond acceptors (Lipinski definition) is 5. The molecule has 0 saturated heterocycles. The van der Waals surface area contributed by atoms with Crippen molar-refractivity contribution in [2.24, 2.45) is 0 Å². The Labute approximate surface area is 128 Å². The van der Waals surface area contributed by atoms with Crippen LogP contribution < -0.4 is 5.32 Å². The van der Waals surface area contributed by atoms with Crippen LogP contribution in [0.25, 0.3) is 22.6 Å². The maximum absolute atomic E-state index is 4.71. The van der Waals surface area contributed by atoms with Crippen LogP contribution in [0.1, 0.15) is 25.7 Å². The number of nitrogens with one attached hydrogen (secondary N) is 1. The number of benzene rings is 1. The zero-order valence-electron chi connectivity index (χ0n) is 12.2. The van der Waals surface area contributed by atoms with E-state index in [1.54, 1.807) is 12.4 Å². The molecule has 1 aliphatic rings. The van der Waals surface area contributed by atoms with Gasteiger partial charge in [-0.3, -0.25) is 0 Å². The van der Waals surface area contributed by atoms with E-state index in [0.29, 0.717) is 17.5 Å². The van der Waals surface area contributed by atoms with Gasteiger partial charge in [-0.15, -0.1) is 0 Å². The van der Waals surface area contributed by atoms with E-state index in [1.165, 1.54) is 25.7 Å². The third kappa shape index (κ3) is 2.50. The van der Waals surface area contributed by atoms with Crippen LogP contribution in [-0.4, -0.2) is 26.0 Å². The van der Waals surface area contributed by atoms with Gasteiger partial charge in [0.1, 0.15) is 5.52 Å². The number of anilines is 1. The molecule has 4 rings (SSSR count). The van der Waals surface area contributed by atoms with Crippen LogP contribution in [0.2, 0.25) is 0 Å². The van der Waals surface area contributed by atoms with E-state index in [2.05, 4.69) is 20.3 Å². The van der Waals surface area contributed by atoms with Crippen LogP contribution in [0.4, 0.5) is 5.82 Å². The smallest absolute Gasteiger partial charge is 0.184 e. The van der Waals surface area contributed by atoms with Crippen molar-refractivity contribution in [1.82, 2.24) is 19.9 Å². The largest absolute Gasteiger partial charge is 0.365 e. The molecule has 1 fully saturated rings. The van der Waals surface area contributed by atoms with Crippen molar-refractivity contribution < 1.29 is 0 Å². The van der Waals surface area contributed by atoms with Crippen LogP contribution >= 0.6 is 0 Å². The summed E-state index contributed by atoms with van der Waals surface area (Å²) in [5, 5.41) is 3.54. The van der Waals surface area contributed by atoms with Gasteiger partial charge in [0.05, 0.1) is 0 Å². The van der Waals surface area contributed by atoms with Gasteiger partial charge in [-0.05, 0) is 12.8 Å². The van der Waals surface area contributed by atoms with E-state index in [1.807, 2.05) is 30.3 Å². The zero-order chi connectivity index (χ0) is 14.8. The fraction of sp³-hybridized carbons (Fsp3) is 0.294. The molecule has 0 aliphatic heterocycles. The fourth-order valence-electron chi connectivity index (χ4n) is 2.94. The summed E-state index contributed by atoms with van der Waals surface area (Å²) in [5.74, 6) is 1.48. The normalized spacial score (nSPS) is 15.3. The van der Waals surface area contributed by atoms with Gasteiger partial charge in [0.25, 0.3) is 0 Å². The predicted octanol–water partition coefficient (Wildman–Crippen LogP) is 3.44. The Kier molecular flexibility index (Phi) is 3.39. The second-order valence-electron chi connectivity index (χ2n) is 5.62. The van der Waals surface area contributed by atoms with E-state index in [0.717, 1.165) is 16.9 Å². The Morgan fingerprint density at radius 1 is 0.909 bits per heavy atom. The van der Waals surface area contributed by atoms with Gasteiger partial charge in [-0.1, -0.05) is 43.2 Å². The Balaban J connectivity index is 1.82. The summed E-state index contributed by atoms with van der Waals surface area (Å²) in [6, 6.07) is 10.5. The average Bonchev–Trinajstić information content (AvgIpc) is 3.09. The minimum absolute atomic E-state index is 0.476. The molecule has 3 aromatic rings. The molecule has 0 spiro atoms. The lowest BCUT2D eigenvalue weighted by Crippen LogP contribution is -2.16. The predicted molar refractivity (Wildman–Crippen MR) is 86.4 cm³/mol. The molecule has 110 valence electrons. The van der Waals surface area contributed by atoms with Crippen molar-refractivity contribution in [3.8, 4) is 11.4 Å². The Bertz CT molecular complexity index is 781. The molecule has 0 radical (unpaired) electrons. The molecular formula is C17H17N5. The van der Waals surface area contributed by atoms with Crippen molar-refractivity contribution >= 4 is 17.0 Å². The van der Waals surface area contributed by atoms with Crippen LogP contribution in [0.5, 0.6) is 0 Å². The second-order valence-corrected chi connectivity index (χ2v) is 5.62. The maximum Gasteiger partial charge on any atom is 0.184 e. The third-order valence-corrected chi connectivity index (χ3v) is 4.06. The van der Waals surface area contributed by atoms with Gasteiger partial charge in [0.15, 0.2) is 17.3 Å². The number of nitrogens with zero attached hydrogens (tertiary/aromatic N) is 4. The molecule has 1 aromatic carbocycles. The lowest BCUT2D eigenvalue weighted by Gasteiger charge is -2.14. The Morgan fingerprint density at radius 2 is 1.68 bits per heavy atom. The van der Waals surface area contributed by atoms with Gasteiger partial charge in [0.2, 0.25) is 0 Å². The number of hydrogen-bond donors (Lipinski definition) is 1. The molecule has 5 heteroatoms. The molecule has 1 saturated carbocycles. The summed E-state index contributed by atoms with van der Waals surface area (Å²) in [6.07, 6.45) is 8.28. The van der Waals surface area contributed by atoms with Crippen molar-refractivity contribution in [2.45, 2.75) is 31.7 Å². The van der Waals surface area contributed by atoms with Crippen molar-refractivity contribution in [3.63, 3.8) is 0 Å². The lowest BCUT2D eigenvalue weighted by molar-refractivity contribution is 0.751. The summed E-state index contributed by atoms with van der Waals surface area (Å²) in [6.45, 7) is 0. The molecule has 2 aromatic heterocycles. The number of aromatic nitrogens is 4. The molecule has 0 unspecified atom stereocenters. The van der Waals surface area contributed by atoms with Crippen molar-refractivity contribution in [3.05, 3.63) is 42.7 Å². The molecule has 22 heavy (non-hydrogen) atoms. The highest BCUT2D eigenvalue weighted by atomic mass is 15.1. The lowest BCUT2D eigenvalue weighted by atomic mass is 10.2. The first-order valence-electron chi connectivity index (χ1n) is 7.71. The summed E-state index contributed by atoms with van der Waals surface area (Å²) in [4.78, 5) is 18.0. The van der Waals surface area contributed by atoms with Crippen LogP contribution in [-0.2, 0) is 0 Å². The van der Waals surface area contributed by atoms with Crippen LogP contribution in [0, 0.1) is 0 Å². The SMILES string of the molecule is c1ccc(-c2nc(NC3CCCC3)c3nccnc3n2)cc1. The Morgan fingerprint density at radius 3 is 2.50 bits per heavy atom. The standard InChI is InChI=1S/C17H17N5/c1-2-6-12(7-3-1)15-21-16-14(18-10-11-19-16)17(22-15)20-13-8-4-5-9-13/h1-3,6-7,10-11,13H,4-5,8-9H2,(H,19,20,21,22). The molecule has 2 heterocycles. The summed E-state index contributed by atoms with van der Waals surface area (Å²) in [5.41, 5.74) is 2.37. The maximum atomic E-state index is 4.71. The average molecular weight is 291 g/mol. The highest BCUT2D eigenvalue weighted by molar-refractivity contribution is 5.84. The molecule has 1 aliphatic carbocycles. The first kappa shape index (κ1) is 13.1. The topological polar surface area (TPSA) is 63.6 Å². The van der Waals surface area contributed by atoms with Crippen molar-refractivity contribution in [1.29, 1.82) is 0 Å². The minimum atomic E-state index is 0.476. The van der Waals surface area contributed by atoms with Gasteiger partial charge in [-0.25, -0.2) is 19.9 Å².